The van der Waals surface area contributed by atoms with Crippen LogP contribution in [0.3, 0.4) is 0 Å². The van der Waals surface area contributed by atoms with Crippen LogP contribution in [0.25, 0.3) is 0 Å². The third-order valence-corrected chi connectivity index (χ3v) is 5.75. The zero-order valence-corrected chi connectivity index (χ0v) is 15.8. The van der Waals surface area contributed by atoms with Crippen molar-refractivity contribution in [1.29, 1.82) is 0 Å². The lowest BCUT2D eigenvalue weighted by Gasteiger charge is -2.27. The molecule has 1 saturated heterocycles. The number of benzene rings is 1. The van der Waals surface area contributed by atoms with Gasteiger partial charge in [0, 0.05) is 17.1 Å². The molecular formula is C19H25N3S2. The predicted molar refractivity (Wildman–Crippen MR) is 108 cm³/mol. The van der Waals surface area contributed by atoms with Crippen molar-refractivity contribution in [2.45, 2.75) is 32.2 Å². The van der Waals surface area contributed by atoms with E-state index < -0.39 is 0 Å². The van der Waals surface area contributed by atoms with Gasteiger partial charge in [-0.05, 0) is 73.7 Å². The van der Waals surface area contributed by atoms with Crippen molar-refractivity contribution in [1.82, 2.24) is 10.2 Å². The molecule has 0 spiro atoms. The van der Waals surface area contributed by atoms with Crippen LogP contribution in [0, 0.1) is 0 Å². The Labute approximate surface area is 154 Å². The first-order valence-electron chi connectivity index (χ1n) is 8.67. The number of hydrogen-bond donors (Lipinski definition) is 2. The van der Waals surface area contributed by atoms with Gasteiger partial charge in [-0.25, -0.2) is 0 Å². The standard InChI is InChI=1S/C19H25N3S2/c1-2-15-7-9-16(10-8-15)21-19(23)20-14-17(18-6-5-13-24-18)22-11-3-4-12-22/h5-10,13,17H,2-4,11-12,14H2,1H3,(H2,20,21,23)/t17-/m1/s1. The Morgan fingerprint density at radius 1 is 1.21 bits per heavy atom. The van der Waals surface area contributed by atoms with Gasteiger partial charge < -0.3 is 10.6 Å². The summed E-state index contributed by atoms with van der Waals surface area (Å²) in [5.74, 6) is 0. The predicted octanol–water partition coefficient (Wildman–Crippen LogP) is 4.43. The molecule has 2 aromatic rings. The van der Waals surface area contributed by atoms with Gasteiger partial charge in [0.25, 0.3) is 0 Å². The summed E-state index contributed by atoms with van der Waals surface area (Å²) >= 11 is 7.31. The van der Waals surface area contributed by atoms with E-state index in [9.17, 15) is 0 Å². The van der Waals surface area contributed by atoms with Gasteiger partial charge in [0.1, 0.15) is 0 Å². The highest BCUT2D eigenvalue weighted by Crippen LogP contribution is 2.27. The molecular weight excluding hydrogens is 334 g/mol. The Morgan fingerprint density at radius 3 is 2.58 bits per heavy atom. The summed E-state index contributed by atoms with van der Waals surface area (Å²) in [6.45, 7) is 5.38. The Kier molecular flexibility index (Phi) is 6.24. The van der Waals surface area contributed by atoms with Crippen molar-refractivity contribution >= 4 is 34.4 Å². The normalized spacial score (nSPS) is 16.0. The molecule has 1 aliphatic heterocycles. The quantitative estimate of drug-likeness (QED) is 0.746. The lowest BCUT2D eigenvalue weighted by atomic mass is 10.1. The van der Waals surface area contributed by atoms with E-state index >= 15 is 0 Å². The van der Waals surface area contributed by atoms with Crippen molar-refractivity contribution in [3.63, 3.8) is 0 Å². The summed E-state index contributed by atoms with van der Waals surface area (Å²) < 4.78 is 0. The van der Waals surface area contributed by atoms with Crippen molar-refractivity contribution < 1.29 is 0 Å². The fourth-order valence-corrected chi connectivity index (χ4v) is 4.19. The lowest BCUT2D eigenvalue weighted by Crippen LogP contribution is -2.38. The second kappa shape index (κ2) is 8.60. The minimum Gasteiger partial charge on any atom is -0.360 e. The average molecular weight is 360 g/mol. The van der Waals surface area contributed by atoms with E-state index in [2.05, 4.69) is 64.2 Å². The smallest absolute Gasteiger partial charge is 0.170 e. The molecule has 2 N–H and O–H groups in total. The van der Waals surface area contributed by atoms with Gasteiger partial charge in [-0.2, -0.15) is 0 Å². The van der Waals surface area contributed by atoms with Crippen LogP contribution in [-0.4, -0.2) is 29.6 Å². The summed E-state index contributed by atoms with van der Waals surface area (Å²) in [5, 5.41) is 9.55. The van der Waals surface area contributed by atoms with Gasteiger partial charge in [-0.1, -0.05) is 25.1 Å². The summed E-state index contributed by atoms with van der Waals surface area (Å²) in [7, 11) is 0. The summed E-state index contributed by atoms with van der Waals surface area (Å²) in [4.78, 5) is 3.98. The van der Waals surface area contributed by atoms with Crippen molar-refractivity contribution in [2.24, 2.45) is 0 Å². The minimum absolute atomic E-state index is 0.412. The highest BCUT2D eigenvalue weighted by molar-refractivity contribution is 7.80. The second-order valence-corrected chi connectivity index (χ2v) is 7.55. The van der Waals surface area contributed by atoms with Crippen LogP contribution in [0.4, 0.5) is 5.69 Å². The van der Waals surface area contributed by atoms with E-state index in [0.29, 0.717) is 11.2 Å². The zero-order chi connectivity index (χ0) is 16.8. The second-order valence-electron chi connectivity index (χ2n) is 6.16. The molecule has 1 aromatic heterocycles. The van der Waals surface area contributed by atoms with E-state index in [1.54, 1.807) is 0 Å². The van der Waals surface area contributed by atoms with E-state index in [4.69, 9.17) is 12.2 Å². The molecule has 0 saturated carbocycles. The topological polar surface area (TPSA) is 27.3 Å². The van der Waals surface area contributed by atoms with Gasteiger partial charge in [0.05, 0.1) is 6.04 Å². The number of thiocarbonyl (C=S) groups is 1. The molecule has 5 heteroatoms. The van der Waals surface area contributed by atoms with Crippen LogP contribution in [0.1, 0.15) is 36.2 Å². The molecule has 0 amide bonds. The monoisotopic (exact) mass is 359 g/mol. The van der Waals surface area contributed by atoms with E-state index in [0.717, 1.165) is 18.7 Å². The molecule has 3 nitrogen and oxygen atoms in total. The molecule has 24 heavy (non-hydrogen) atoms. The van der Waals surface area contributed by atoms with Crippen molar-refractivity contribution in [3.05, 3.63) is 52.2 Å². The first-order valence-corrected chi connectivity index (χ1v) is 9.96. The number of anilines is 1. The molecule has 1 fully saturated rings. The van der Waals surface area contributed by atoms with Crippen LogP contribution in [0.5, 0.6) is 0 Å². The van der Waals surface area contributed by atoms with Crippen LogP contribution in [0.2, 0.25) is 0 Å². The maximum atomic E-state index is 5.48. The Hall–Kier alpha value is -1.43. The number of rotatable bonds is 6. The Bertz CT molecular complexity index is 631. The van der Waals surface area contributed by atoms with Gasteiger partial charge >= 0.3 is 0 Å². The molecule has 0 radical (unpaired) electrons. The molecule has 1 aromatic carbocycles. The van der Waals surface area contributed by atoms with Crippen LogP contribution in [0.15, 0.2) is 41.8 Å². The fraction of sp³-hybridized carbons (Fsp3) is 0.421. The minimum atomic E-state index is 0.412. The average Bonchev–Trinajstić information content (AvgIpc) is 3.30. The number of hydrogen-bond acceptors (Lipinski definition) is 3. The van der Waals surface area contributed by atoms with Crippen LogP contribution < -0.4 is 10.6 Å². The highest BCUT2D eigenvalue weighted by atomic mass is 32.1. The van der Waals surface area contributed by atoms with E-state index in [1.807, 2.05) is 11.3 Å². The number of nitrogens with zero attached hydrogens (tertiary/aromatic N) is 1. The molecule has 128 valence electrons. The number of nitrogens with one attached hydrogen (secondary N) is 2. The Balaban J connectivity index is 1.56. The van der Waals surface area contributed by atoms with E-state index in [-0.39, 0.29) is 0 Å². The molecule has 0 bridgehead atoms. The van der Waals surface area contributed by atoms with Gasteiger partial charge in [-0.3, -0.25) is 4.90 Å². The number of thiophene rings is 1. The maximum Gasteiger partial charge on any atom is 0.170 e. The maximum absolute atomic E-state index is 5.48. The first-order chi connectivity index (χ1) is 11.8. The molecule has 3 rings (SSSR count). The molecule has 2 heterocycles. The van der Waals surface area contributed by atoms with Gasteiger partial charge in [0.2, 0.25) is 0 Å². The largest absolute Gasteiger partial charge is 0.360 e. The molecule has 0 unspecified atom stereocenters. The van der Waals surface area contributed by atoms with Crippen molar-refractivity contribution in [2.75, 3.05) is 25.0 Å². The summed E-state index contributed by atoms with van der Waals surface area (Å²) in [5.41, 5.74) is 2.38. The van der Waals surface area contributed by atoms with Crippen LogP contribution >= 0.6 is 23.6 Å². The SMILES string of the molecule is CCc1ccc(NC(=S)NC[C@H](c2cccs2)N2CCCC2)cc1. The highest BCUT2D eigenvalue weighted by Gasteiger charge is 2.24. The molecule has 0 aliphatic carbocycles. The zero-order valence-electron chi connectivity index (χ0n) is 14.1. The third-order valence-electron chi connectivity index (χ3n) is 4.53. The first kappa shape index (κ1) is 17.4. The lowest BCUT2D eigenvalue weighted by molar-refractivity contribution is 0.249. The fourth-order valence-electron chi connectivity index (χ4n) is 3.13. The molecule has 1 aliphatic rings. The number of likely N-dealkylation sites (tertiary alicyclic amines) is 1. The number of aryl methyl sites for hydroxylation is 1. The van der Waals surface area contributed by atoms with Crippen molar-refractivity contribution in [3.8, 4) is 0 Å². The van der Waals surface area contributed by atoms with Crippen LogP contribution in [-0.2, 0) is 6.42 Å². The third kappa shape index (κ3) is 4.56. The summed E-state index contributed by atoms with van der Waals surface area (Å²) in [6, 6.07) is 13.2. The molecule has 1 atom stereocenters. The van der Waals surface area contributed by atoms with E-state index in [1.165, 1.54) is 36.4 Å². The van der Waals surface area contributed by atoms with Gasteiger partial charge in [-0.15, -0.1) is 11.3 Å². The summed E-state index contributed by atoms with van der Waals surface area (Å²) in [6.07, 6.45) is 3.66. The van der Waals surface area contributed by atoms with Gasteiger partial charge in [0.15, 0.2) is 5.11 Å². The Morgan fingerprint density at radius 2 is 1.96 bits per heavy atom.